The van der Waals surface area contributed by atoms with E-state index in [1.807, 2.05) is 30.3 Å². The number of benzene rings is 1. The Labute approximate surface area is 78.3 Å². The Kier molecular flexibility index (Phi) is 4.12. The van der Waals surface area contributed by atoms with Crippen molar-refractivity contribution in [2.45, 2.75) is 18.9 Å². The molecule has 0 heterocycles. The molecule has 0 aliphatic rings. The summed E-state index contributed by atoms with van der Waals surface area (Å²) in [4.78, 5) is 0. The molecule has 1 unspecified atom stereocenters. The van der Waals surface area contributed by atoms with Gasteiger partial charge in [-0.15, -0.1) is 0 Å². The normalized spacial score (nSPS) is 12.8. The van der Waals surface area contributed by atoms with Gasteiger partial charge in [0.05, 0.1) is 0 Å². The van der Waals surface area contributed by atoms with Crippen LogP contribution in [-0.4, -0.2) is 6.61 Å². The molecule has 0 saturated carbocycles. The van der Waals surface area contributed by atoms with Gasteiger partial charge in [-0.1, -0.05) is 48.9 Å². The minimum atomic E-state index is -0.300. The average molecular weight is 185 g/mol. The van der Waals surface area contributed by atoms with E-state index < -0.39 is 0 Å². The smallest absolute Gasteiger partial charge is 0.156 e. The molecule has 0 aromatic heterocycles. The molecule has 0 radical (unpaired) electrons. The van der Waals surface area contributed by atoms with Crippen molar-refractivity contribution in [1.82, 2.24) is 0 Å². The van der Waals surface area contributed by atoms with Gasteiger partial charge in [-0.2, -0.15) is 0 Å². The van der Waals surface area contributed by atoms with Crippen LogP contribution in [0.4, 0.5) is 0 Å². The van der Waals surface area contributed by atoms with Crippen molar-refractivity contribution in [3.63, 3.8) is 0 Å². The van der Waals surface area contributed by atoms with Gasteiger partial charge in [0, 0.05) is 6.61 Å². The highest BCUT2D eigenvalue weighted by molar-refractivity contribution is 6.19. The summed E-state index contributed by atoms with van der Waals surface area (Å²) < 4.78 is 5.34. The van der Waals surface area contributed by atoms with E-state index in [1.165, 1.54) is 0 Å². The molecule has 0 bridgehead atoms. The first-order valence-corrected chi connectivity index (χ1v) is 4.59. The van der Waals surface area contributed by atoms with Crippen LogP contribution in [-0.2, 0) is 4.74 Å². The molecule has 1 rings (SSSR count). The molecule has 66 valence electrons. The molecule has 0 saturated heterocycles. The van der Waals surface area contributed by atoms with Crippen LogP contribution in [0.15, 0.2) is 30.3 Å². The van der Waals surface area contributed by atoms with E-state index in [2.05, 4.69) is 6.92 Å². The fourth-order valence-corrected chi connectivity index (χ4v) is 1.16. The van der Waals surface area contributed by atoms with Crippen LogP contribution in [0.5, 0.6) is 0 Å². The monoisotopic (exact) mass is 184 g/mol. The Morgan fingerprint density at radius 1 is 1.33 bits per heavy atom. The van der Waals surface area contributed by atoms with Gasteiger partial charge in [0.1, 0.15) is 0 Å². The third-order valence-corrected chi connectivity index (χ3v) is 1.91. The first-order chi connectivity index (χ1) is 5.84. The summed E-state index contributed by atoms with van der Waals surface area (Å²) in [5, 5.41) is 0. The van der Waals surface area contributed by atoms with Gasteiger partial charge in [0.15, 0.2) is 5.56 Å². The van der Waals surface area contributed by atoms with Crippen molar-refractivity contribution in [2.75, 3.05) is 6.61 Å². The molecule has 1 atom stereocenters. The third kappa shape index (κ3) is 2.84. The molecule has 1 aromatic rings. The Hall–Kier alpha value is -0.530. The van der Waals surface area contributed by atoms with Crippen molar-refractivity contribution in [3.8, 4) is 0 Å². The summed E-state index contributed by atoms with van der Waals surface area (Å²) in [6, 6.07) is 9.81. The predicted molar refractivity (Wildman–Crippen MR) is 51.3 cm³/mol. The lowest BCUT2D eigenvalue weighted by atomic mass is 10.2. The van der Waals surface area contributed by atoms with Crippen molar-refractivity contribution in [1.29, 1.82) is 0 Å². The van der Waals surface area contributed by atoms with Crippen LogP contribution in [0, 0.1) is 0 Å². The molecule has 1 aromatic carbocycles. The molecular formula is C10H13ClO. The second-order valence-corrected chi connectivity index (χ2v) is 2.99. The fourth-order valence-electron chi connectivity index (χ4n) is 0.922. The van der Waals surface area contributed by atoms with Gasteiger partial charge in [0.25, 0.3) is 0 Å². The van der Waals surface area contributed by atoms with Gasteiger partial charge in [-0.25, -0.2) is 0 Å². The minimum absolute atomic E-state index is 0.300. The average Bonchev–Trinajstić information content (AvgIpc) is 2.15. The second-order valence-electron chi connectivity index (χ2n) is 2.60. The van der Waals surface area contributed by atoms with Crippen LogP contribution in [0.25, 0.3) is 0 Å². The number of rotatable bonds is 4. The number of halogens is 1. The second kappa shape index (κ2) is 5.18. The standard InChI is InChI=1S/C10H13ClO/c1-2-8-12-10(11)9-6-4-3-5-7-9/h3-7,10H,2,8H2,1H3. The zero-order chi connectivity index (χ0) is 8.81. The maximum Gasteiger partial charge on any atom is 0.156 e. The first kappa shape index (κ1) is 9.56. The summed E-state index contributed by atoms with van der Waals surface area (Å²) in [7, 11) is 0. The lowest BCUT2D eigenvalue weighted by Gasteiger charge is -2.09. The highest BCUT2D eigenvalue weighted by atomic mass is 35.5. The highest BCUT2D eigenvalue weighted by Gasteiger charge is 2.05. The Bertz CT molecular complexity index is 210. The number of hydrogen-bond acceptors (Lipinski definition) is 1. The maximum absolute atomic E-state index is 5.96. The molecular weight excluding hydrogens is 172 g/mol. The fraction of sp³-hybridized carbons (Fsp3) is 0.400. The topological polar surface area (TPSA) is 9.23 Å². The molecule has 0 aliphatic carbocycles. The third-order valence-electron chi connectivity index (χ3n) is 1.53. The quantitative estimate of drug-likeness (QED) is 0.653. The van der Waals surface area contributed by atoms with Crippen molar-refractivity contribution in [2.24, 2.45) is 0 Å². The van der Waals surface area contributed by atoms with Gasteiger partial charge in [-0.05, 0) is 12.0 Å². The number of ether oxygens (including phenoxy) is 1. The van der Waals surface area contributed by atoms with Crippen LogP contribution in [0.3, 0.4) is 0 Å². The van der Waals surface area contributed by atoms with Crippen LogP contribution < -0.4 is 0 Å². The van der Waals surface area contributed by atoms with Crippen LogP contribution >= 0.6 is 11.6 Å². The van der Waals surface area contributed by atoms with E-state index in [9.17, 15) is 0 Å². The number of hydrogen-bond donors (Lipinski definition) is 0. The highest BCUT2D eigenvalue weighted by Crippen LogP contribution is 2.20. The SMILES string of the molecule is CCCOC(Cl)c1ccccc1. The molecule has 0 N–H and O–H groups in total. The summed E-state index contributed by atoms with van der Waals surface area (Å²) in [5.41, 5.74) is 0.721. The zero-order valence-electron chi connectivity index (χ0n) is 7.16. The molecule has 1 nitrogen and oxygen atoms in total. The van der Waals surface area contributed by atoms with Gasteiger partial charge >= 0.3 is 0 Å². The summed E-state index contributed by atoms with van der Waals surface area (Å²) in [6.45, 7) is 2.78. The first-order valence-electron chi connectivity index (χ1n) is 4.15. The summed E-state index contributed by atoms with van der Waals surface area (Å²) in [5.74, 6) is 0. The van der Waals surface area contributed by atoms with Crippen molar-refractivity contribution >= 4 is 11.6 Å². The maximum atomic E-state index is 5.96. The zero-order valence-corrected chi connectivity index (χ0v) is 7.92. The van der Waals surface area contributed by atoms with Crippen LogP contribution in [0.1, 0.15) is 24.5 Å². The van der Waals surface area contributed by atoms with Crippen LogP contribution in [0.2, 0.25) is 0 Å². The van der Waals surface area contributed by atoms with Gasteiger partial charge in [-0.3, -0.25) is 0 Å². The molecule has 12 heavy (non-hydrogen) atoms. The Morgan fingerprint density at radius 3 is 2.58 bits per heavy atom. The van der Waals surface area contributed by atoms with Crippen molar-refractivity contribution < 1.29 is 4.74 Å². The Morgan fingerprint density at radius 2 is 2.00 bits per heavy atom. The van der Waals surface area contributed by atoms with Gasteiger partial charge < -0.3 is 4.74 Å². The van der Waals surface area contributed by atoms with E-state index in [1.54, 1.807) is 0 Å². The summed E-state index contributed by atoms with van der Waals surface area (Å²) in [6.07, 6.45) is 0.996. The predicted octanol–water partition coefficient (Wildman–Crippen LogP) is 3.35. The lowest BCUT2D eigenvalue weighted by molar-refractivity contribution is 0.109. The molecule has 0 amide bonds. The Balaban J connectivity index is 2.48. The largest absolute Gasteiger partial charge is 0.358 e. The molecule has 0 fully saturated rings. The van der Waals surface area contributed by atoms with E-state index in [0.29, 0.717) is 6.61 Å². The number of alkyl halides is 1. The lowest BCUT2D eigenvalue weighted by Crippen LogP contribution is -1.97. The van der Waals surface area contributed by atoms with E-state index in [0.717, 1.165) is 12.0 Å². The molecule has 2 heteroatoms. The molecule has 0 aliphatic heterocycles. The minimum Gasteiger partial charge on any atom is -0.358 e. The summed E-state index contributed by atoms with van der Waals surface area (Å²) >= 11 is 5.96. The van der Waals surface area contributed by atoms with Crippen molar-refractivity contribution in [3.05, 3.63) is 35.9 Å². The van der Waals surface area contributed by atoms with E-state index in [4.69, 9.17) is 16.3 Å². The van der Waals surface area contributed by atoms with Gasteiger partial charge in [0.2, 0.25) is 0 Å². The molecule has 0 spiro atoms. The van der Waals surface area contributed by atoms with E-state index >= 15 is 0 Å². The van der Waals surface area contributed by atoms with E-state index in [-0.39, 0.29) is 5.56 Å².